The summed E-state index contributed by atoms with van der Waals surface area (Å²) in [5.41, 5.74) is 3.59. The molecule has 1 amide bonds. The highest BCUT2D eigenvalue weighted by atomic mass is 79.9. The number of esters is 1. The van der Waals surface area contributed by atoms with Gasteiger partial charge in [-0.2, -0.15) is 0 Å². The van der Waals surface area contributed by atoms with E-state index in [0.29, 0.717) is 25.3 Å². The third kappa shape index (κ3) is 4.11. The molecule has 31 heavy (non-hydrogen) atoms. The fraction of sp³-hybridized carbons (Fsp3) is 0.375. The van der Waals surface area contributed by atoms with E-state index in [0.717, 1.165) is 33.2 Å². The van der Waals surface area contributed by atoms with E-state index in [1.54, 1.807) is 25.3 Å². The van der Waals surface area contributed by atoms with Crippen molar-refractivity contribution in [2.45, 2.75) is 32.7 Å². The summed E-state index contributed by atoms with van der Waals surface area (Å²) in [6, 6.07) is 11.5. The number of fused-ring (bicyclic) bond motifs is 1. The Morgan fingerprint density at radius 1 is 1.26 bits per heavy atom. The number of benzene rings is 1. The predicted octanol–water partition coefficient (Wildman–Crippen LogP) is 4.66. The second-order valence-electron chi connectivity index (χ2n) is 8.01. The molecule has 0 bridgehead atoms. The molecule has 1 aliphatic rings. The quantitative estimate of drug-likeness (QED) is 0.494. The van der Waals surface area contributed by atoms with Crippen molar-refractivity contribution < 1.29 is 14.3 Å². The van der Waals surface area contributed by atoms with E-state index in [1.807, 2.05) is 37.1 Å². The van der Waals surface area contributed by atoms with Crippen LogP contribution in [0.5, 0.6) is 0 Å². The number of rotatable bonds is 5. The van der Waals surface area contributed by atoms with Crippen LogP contribution in [-0.2, 0) is 23.1 Å². The number of pyridine rings is 1. The largest absolute Gasteiger partial charge is 0.462 e. The second kappa shape index (κ2) is 8.83. The first-order chi connectivity index (χ1) is 14.9. The molecule has 0 N–H and O–H groups in total. The van der Waals surface area contributed by atoms with Crippen LogP contribution in [0.25, 0.3) is 11.0 Å². The van der Waals surface area contributed by atoms with Gasteiger partial charge in [-0.05, 0) is 65.0 Å². The molecule has 0 radical (unpaired) electrons. The summed E-state index contributed by atoms with van der Waals surface area (Å²) >= 11 is 3.58. The third-order valence-electron chi connectivity index (χ3n) is 6.19. The molecule has 4 rings (SSSR count). The lowest BCUT2D eigenvalue weighted by Crippen LogP contribution is -2.43. The zero-order valence-corrected chi connectivity index (χ0v) is 19.6. The number of carbonyl (C=O) groups excluding carboxylic acids is 2. The van der Waals surface area contributed by atoms with Gasteiger partial charge in [0.25, 0.3) is 0 Å². The van der Waals surface area contributed by atoms with E-state index < -0.39 is 0 Å². The first kappa shape index (κ1) is 21.6. The summed E-state index contributed by atoms with van der Waals surface area (Å²) in [6.45, 7) is 5.41. The van der Waals surface area contributed by atoms with Crippen LogP contribution in [0.1, 0.15) is 47.8 Å². The lowest BCUT2D eigenvalue weighted by atomic mass is 9.80. The van der Waals surface area contributed by atoms with Crippen LogP contribution in [0, 0.1) is 5.92 Å². The van der Waals surface area contributed by atoms with E-state index in [1.165, 1.54) is 0 Å². The first-order valence-electron chi connectivity index (χ1n) is 10.5. The first-order valence-corrected chi connectivity index (χ1v) is 11.3. The smallest absolute Gasteiger partial charge is 0.338 e. The van der Waals surface area contributed by atoms with Gasteiger partial charge in [0.15, 0.2) is 0 Å². The van der Waals surface area contributed by atoms with Crippen molar-refractivity contribution >= 4 is 38.8 Å². The zero-order chi connectivity index (χ0) is 22.1. The molecule has 6 nitrogen and oxygen atoms in total. The highest BCUT2D eigenvalue weighted by molar-refractivity contribution is 9.10. The van der Waals surface area contributed by atoms with Gasteiger partial charge in [0.2, 0.25) is 5.91 Å². The number of aromatic nitrogens is 2. The molecule has 0 saturated carbocycles. The predicted molar refractivity (Wildman–Crippen MR) is 123 cm³/mol. The van der Waals surface area contributed by atoms with Crippen molar-refractivity contribution in [1.82, 2.24) is 14.5 Å². The minimum absolute atomic E-state index is 0.123. The van der Waals surface area contributed by atoms with Gasteiger partial charge in [-0.3, -0.25) is 4.79 Å². The maximum absolute atomic E-state index is 13.2. The van der Waals surface area contributed by atoms with Crippen LogP contribution in [0.4, 0.5) is 0 Å². The van der Waals surface area contributed by atoms with Crippen molar-refractivity contribution in [3.05, 3.63) is 63.9 Å². The Hall–Kier alpha value is -2.67. The van der Waals surface area contributed by atoms with Gasteiger partial charge in [0.1, 0.15) is 5.65 Å². The minimum atomic E-state index is -0.316. The molecule has 0 spiro atoms. The molecule has 2 aromatic heterocycles. The maximum Gasteiger partial charge on any atom is 0.338 e. The molecule has 7 heteroatoms. The molecule has 1 fully saturated rings. The van der Waals surface area contributed by atoms with Crippen molar-refractivity contribution in [1.29, 1.82) is 0 Å². The van der Waals surface area contributed by atoms with Gasteiger partial charge < -0.3 is 14.2 Å². The van der Waals surface area contributed by atoms with Gasteiger partial charge in [0, 0.05) is 41.3 Å². The number of hydrogen-bond donors (Lipinski definition) is 0. The molecule has 0 aliphatic carbocycles. The Balaban J connectivity index is 1.49. The summed E-state index contributed by atoms with van der Waals surface area (Å²) in [6.07, 6.45) is 2.67. The molecule has 162 valence electrons. The molecule has 3 aromatic rings. The van der Waals surface area contributed by atoms with Crippen LogP contribution >= 0.6 is 15.9 Å². The average Bonchev–Trinajstić information content (AvgIpc) is 3.09. The van der Waals surface area contributed by atoms with Crippen molar-refractivity contribution in [2.75, 3.05) is 13.2 Å². The maximum atomic E-state index is 13.2. The van der Waals surface area contributed by atoms with Gasteiger partial charge in [-0.1, -0.05) is 19.1 Å². The fourth-order valence-electron chi connectivity index (χ4n) is 4.40. The highest BCUT2D eigenvalue weighted by Crippen LogP contribution is 2.35. The topological polar surface area (TPSA) is 64.4 Å². The fourth-order valence-corrected chi connectivity index (χ4v) is 4.81. The van der Waals surface area contributed by atoms with E-state index in [4.69, 9.17) is 4.74 Å². The molecule has 3 heterocycles. The summed E-state index contributed by atoms with van der Waals surface area (Å²) in [4.78, 5) is 31.5. The van der Waals surface area contributed by atoms with Gasteiger partial charge in [-0.15, -0.1) is 0 Å². The summed E-state index contributed by atoms with van der Waals surface area (Å²) in [5.74, 6) is -0.142. The number of ether oxygens (including phenoxy) is 1. The van der Waals surface area contributed by atoms with Crippen LogP contribution in [0.2, 0.25) is 0 Å². The van der Waals surface area contributed by atoms with Crippen LogP contribution in [0.3, 0.4) is 0 Å². The molecule has 0 unspecified atom stereocenters. The Bertz CT molecular complexity index is 1120. The van der Waals surface area contributed by atoms with E-state index in [-0.39, 0.29) is 23.7 Å². The van der Waals surface area contributed by atoms with Gasteiger partial charge >= 0.3 is 5.97 Å². The number of aryl methyl sites for hydroxylation is 1. The number of carbonyl (C=O) groups is 2. The normalized spacial score (nSPS) is 19.1. The minimum Gasteiger partial charge on any atom is -0.462 e. The van der Waals surface area contributed by atoms with Crippen molar-refractivity contribution in [3.8, 4) is 0 Å². The van der Waals surface area contributed by atoms with E-state index in [9.17, 15) is 9.59 Å². The highest BCUT2D eigenvalue weighted by Gasteiger charge is 2.34. The van der Waals surface area contributed by atoms with Crippen LogP contribution in [0.15, 0.2) is 47.1 Å². The van der Waals surface area contributed by atoms with Gasteiger partial charge in [-0.25, -0.2) is 9.78 Å². The lowest BCUT2D eigenvalue weighted by Gasteiger charge is -2.36. The average molecular weight is 484 g/mol. The second-order valence-corrected chi connectivity index (χ2v) is 8.87. The summed E-state index contributed by atoms with van der Waals surface area (Å²) in [5, 5.41) is 1.05. The SMILES string of the molecule is CCOC(=O)c1ccc([C@@H]2CCN(Cc3cc4c(Br)ccnc4n3C)C(=O)[C@H]2C)cc1. The Morgan fingerprint density at radius 2 is 2.00 bits per heavy atom. The van der Waals surface area contributed by atoms with E-state index in [2.05, 4.69) is 31.5 Å². The lowest BCUT2D eigenvalue weighted by molar-refractivity contribution is -0.139. The monoisotopic (exact) mass is 483 g/mol. The number of amides is 1. The zero-order valence-electron chi connectivity index (χ0n) is 18.0. The number of nitrogens with zero attached hydrogens (tertiary/aromatic N) is 3. The molecule has 2 atom stereocenters. The molecule has 1 aliphatic heterocycles. The Kier molecular flexibility index (Phi) is 6.14. The molecule has 1 aromatic carbocycles. The standard InChI is InChI=1S/C24H26BrN3O3/c1-4-31-24(30)17-7-5-16(6-8-17)19-10-12-28(23(29)15(19)2)14-18-13-20-21(25)9-11-26-22(20)27(18)3/h5-9,11,13,15,19H,4,10,12,14H2,1-3H3/t15-,19+/m0/s1. The van der Waals surface area contributed by atoms with Crippen molar-refractivity contribution in [2.24, 2.45) is 13.0 Å². The molecular weight excluding hydrogens is 458 g/mol. The summed E-state index contributed by atoms with van der Waals surface area (Å²) in [7, 11) is 1.99. The number of piperidine rings is 1. The Labute approximate surface area is 190 Å². The number of hydrogen-bond acceptors (Lipinski definition) is 4. The number of likely N-dealkylation sites (tertiary alicyclic amines) is 1. The van der Waals surface area contributed by atoms with Crippen LogP contribution < -0.4 is 0 Å². The molecule has 1 saturated heterocycles. The third-order valence-corrected chi connectivity index (χ3v) is 6.88. The van der Waals surface area contributed by atoms with Crippen molar-refractivity contribution in [3.63, 3.8) is 0 Å². The Morgan fingerprint density at radius 3 is 2.68 bits per heavy atom. The summed E-state index contributed by atoms with van der Waals surface area (Å²) < 4.78 is 8.11. The molecular formula is C24H26BrN3O3. The van der Waals surface area contributed by atoms with Gasteiger partial charge in [0.05, 0.1) is 18.7 Å². The van der Waals surface area contributed by atoms with Crippen LogP contribution in [-0.4, -0.2) is 39.5 Å². The number of halogens is 1. The van der Waals surface area contributed by atoms with E-state index >= 15 is 0 Å².